The van der Waals surface area contributed by atoms with Crippen molar-refractivity contribution in [1.29, 1.82) is 0 Å². The van der Waals surface area contributed by atoms with Gasteiger partial charge in [-0.15, -0.1) is 11.3 Å². The zero-order chi connectivity index (χ0) is 20.9. The lowest BCUT2D eigenvalue weighted by atomic mass is 10.0. The van der Waals surface area contributed by atoms with Crippen molar-refractivity contribution in [3.63, 3.8) is 0 Å². The quantitative estimate of drug-likeness (QED) is 0.343. The van der Waals surface area contributed by atoms with Gasteiger partial charge in [0.15, 0.2) is 5.71 Å². The van der Waals surface area contributed by atoms with E-state index in [9.17, 15) is 26.7 Å². The van der Waals surface area contributed by atoms with E-state index in [1.165, 1.54) is 20.3 Å². The van der Waals surface area contributed by atoms with Crippen molar-refractivity contribution in [3.8, 4) is 0 Å². The smallest absolute Gasteiger partial charge is 0.383 e. The van der Waals surface area contributed by atoms with Gasteiger partial charge in [-0.05, 0) is 18.2 Å². The van der Waals surface area contributed by atoms with Crippen LogP contribution < -0.4 is 4.90 Å². The second-order valence-electron chi connectivity index (χ2n) is 5.60. The van der Waals surface area contributed by atoms with Crippen LogP contribution in [-0.2, 0) is 19.1 Å². The summed E-state index contributed by atoms with van der Waals surface area (Å²) in [5.74, 6) is -6.68. The molecule has 0 saturated heterocycles. The first-order valence-corrected chi connectivity index (χ1v) is 8.72. The van der Waals surface area contributed by atoms with Gasteiger partial charge in [0.1, 0.15) is 0 Å². The number of carbonyl (C=O) groups is 1. The molecule has 0 amide bonds. The summed E-state index contributed by atoms with van der Waals surface area (Å²) in [6.45, 7) is 1.85. The van der Waals surface area contributed by atoms with E-state index in [1.807, 2.05) is 4.90 Å². The molecule has 2 heterocycles. The zero-order valence-electron chi connectivity index (χ0n) is 14.9. The lowest BCUT2D eigenvalue weighted by molar-refractivity contribution is -0.249. The number of hydrogen-bond acceptors (Lipinski definition) is 7. The van der Waals surface area contributed by atoms with E-state index in [-0.39, 0.29) is 4.88 Å². The summed E-state index contributed by atoms with van der Waals surface area (Å²) in [4.78, 5) is 17.9. The van der Waals surface area contributed by atoms with Crippen molar-refractivity contribution < 1.29 is 41.1 Å². The van der Waals surface area contributed by atoms with Crippen molar-refractivity contribution in [2.24, 2.45) is 5.16 Å². The Kier molecular flexibility index (Phi) is 7.12. The van der Waals surface area contributed by atoms with Crippen molar-refractivity contribution in [2.75, 3.05) is 45.4 Å². The molecule has 12 heteroatoms. The Hall–Kier alpha value is -2.05. The average Bonchev–Trinajstić information content (AvgIpc) is 3.22. The van der Waals surface area contributed by atoms with Crippen LogP contribution in [0.3, 0.4) is 0 Å². The molecule has 1 aliphatic heterocycles. The summed E-state index contributed by atoms with van der Waals surface area (Å²) in [6.07, 6.45) is -5.00. The van der Waals surface area contributed by atoms with Crippen LogP contribution in [0.15, 0.2) is 22.9 Å². The summed E-state index contributed by atoms with van der Waals surface area (Å²) in [5.41, 5.74) is -2.69. The summed E-state index contributed by atoms with van der Waals surface area (Å²) in [6, 6.07) is 3.15. The maximum Gasteiger partial charge on any atom is 0.459 e. The van der Waals surface area contributed by atoms with Gasteiger partial charge in [-0.1, -0.05) is 5.16 Å². The molecule has 0 N–H and O–H groups in total. The molecule has 0 bridgehead atoms. The number of carbonyl (C=O) groups excluding carboxylic acids is 1. The highest BCUT2D eigenvalue weighted by Gasteiger charge is 2.64. The van der Waals surface area contributed by atoms with Crippen LogP contribution >= 0.6 is 11.3 Å². The molecule has 6 nitrogen and oxygen atoms in total. The van der Waals surface area contributed by atoms with Crippen LogP contribution in [0.2, 0.25) is 0 Å². The van der Waals surface area contributed by atoms with Crippen LogP contribution in [0.5, 0.6) is 0 Å². The van der Waals surface area contributed by atoms with E-state index < -0.39 is 29.4 Å². The number of methoxy groups -OCH3 is 2. The molecular weight excluding hydrogens is 411 g/mol. The topological polar surface area (TPSA) is 60.4 Å². The predicted octanol–water partition coefficient (Wildman–Crippen LogP) is 3.34. The molecule has 0 spiro atoms. The first kappa shape index (κ1) is 22.2. The molecule has 1 aromatic rings. The van der Waals surface area contributed by atoms with E-state index in [4.69, 9.17) is 9.47 Å². The SMILES string of the molecule is COCCN(CCOC)c1ccc(C=C2C(=O)ON=C2C(F)(F)C(F)(F)F)s1. The number of thiophene rings is 1. The zero-order valence-corrected chi connectivity index (χ0v) is 15.7. The number of rotatable bonds is 9. The molecule has 28 heavy (non-hydrogen) atoms. The van der Waals surface area contributed by atoms with Gasteiger partial charge < -0.3 is 19.2 Å². The predicted molar refractivity (Wildman–Crippen MR) is 92.8 cm³/mol. The van der Waals surface area contributed by atoms with Crippen molar-refractivity contribution >= 4 is 34.1 Å². The largest absolute Gasteiger partial charge is 0.459 e. The van der Waals surface area contributed by atoms with Crippen molar-refractivity contribution in [1.82, 2.24) is 0 Å². The molecule has 1 aromatic heterocycles. The second-order valence-corrected chi connectivity index (χ2v) is 6.69. The van der Waals surface area contributed by atoms with Gasteiger partial charge in [-0.2, -0.15) is 22.0 Å². The normalized spacial score (nSPS) is 16.5. The standard InChI is InChI=1S/C16H17F5N2O4S/c1-25-7-5-23(6-8-26-2)12-4-3-10(28-12)9-11-13(22-27-14(11)24)15(17,18)16(19,20)21/h3-4,9H,5-8H2,1-2H3. The Morgan fingerprint density at radius 1 is 1.14 bits per heavy atom. The van der Waals surface area contributed by atoms with Gasteiger partial charge in [-0.25, -0.2) is 4.79 Å². The molecule has 156 valence electrons. The van der Waals surface area contributed by atoms with Crippen LogP contribution in [0, 0.1) is 0 Å². The van der Waals surface area contributed by atoms with Crippen LogP contribution in [0.25, 0.3) is 6.08 Å². The molecule has 0 radical (unpaired) electrons. The fourth-order valence-corrected chi connectivity index (χ4v) is 3.24. The lowest BCUT2D eigenvalue weighted by Crippen LogP contribution is -2.44. The van der Waals surface area contributed by atoms with Crippen LogP contribution in [0.1, 0.15) is 4.88 Å². The maximum absolute atomic E-state index is 13.6. The van der Waals surface area contributed by atoms with E-state index in [0.717, 1.165) is 17.4 Å². The number of hydrogen-bond donors (Lipinski definition) is 0. The number of halogens is 5. The molecule has 2 rings (SSSR count). The van der Waals surface area contributed by atoms with Gasteiger partial charge >= 0.3 is 18.1 Å². The van der Waals surface area contributed by atoms with E-state index in [1.54, 1.807) is 6.07 Å². The van der Waals surface area contributed by atoms with Crippen molar-refractivity contribution in [2.45, 2.75) is 12.1 Å². The number of nitrogens with zero attached hydrogens (tertiary/aromatic N) is 2. The molecule has 0 aromatic carbocycles. The fraction of sp³-hybridized carbons (Fsp3) is 0.500. The van der Waals surface area contributed by atoms with Crippen LogP contribution in [0.4, 0.5) is 27.0 Å². The Labute approximate surface area is 161 Å². The fourth-order valence-electron chi connectivity index (χ4n) is 2.24. The first-order chi connectivity index (χ1) is 13.1. The number of alkyl halides is 5. The number of anilines is 1. The van der Waals surface area contributed by atoms with Gasteiger partial charge in [0.05, 0.1) is 23.8 Å². The second kappa shape index (κ2) is 8.97. The van der Waals surface area contributed by atoms with E-state index >= 15 is 0 Å². The Bertz CT molecular complexity index is 752. The highest BCUT2D eigenvalue weighted by Crippen LogP contribution is 2.41. The monoisotopic (exact) mass is 428 g/mol. The minimum atomic E-state index is -5.91. The van der Waals surface area contributed by atoms with Gasteiger partial charge in [0.25, 0.3) is 0 Å². The molecular formula is C16H17F5N2O4S. The summed E-state index contributed by atoms with van der Waals surface area (Å²) < 4.78 is 75.1. The summed E-state index contributed by atoms with van der Waals surface area (Å²) in [5, 5.41) is 3.35. The molecule has 0 fully saturated rings. The van der Waals surface area contributed by atoms with E-state index in [0.29, 0.717) is 31.3 Å². The molecule has 0 saturated carbocycles. The van der Waals surface area contributed by atoms with Gasteiger partial charge in [-0.3, -0.25) is 0 Å². The number of ether oxygens (including phenoxy) is 2. The molecule has 1 aliphatic rings. The Morgan fingerprint density at radius 2 is 1.75 bits per heavy atom. The Balaban J connectivity index is 2.29. The third-order valence-corrected chi connectivity index (χ3v) is 4.78. The van der Waals surface area contributed by atoms with Gasteiger partial charge in [0, 0.05) is 32.2 Å². The third-order valence-electron chi connectivity index (χ3n) is 3.69. The van der Waals surface area contributed by atoms with Crippen molar-refractivity contribution in [3.05, 3.63) is 22.6 Å². The third kappa shape index (κ3) is 4.86. The van der Waals surface area contributed by atoms with E-state index in [2.05, 4.69) is 9.99 Å². The minimum absolute atomic E-state index is 0.286. The lowest BCUT2D eigenvalue weighted by Gasteiger charge is -2.22. The summed E-state index contributed by atoms with van der Waals surface area (Å²) in [7, 11) is 3.07. The maximum atomic E-state index is 13.6. The average molecular weight is 428 g/mol. The number of oxime groups is 1. The van der Waals surface area contributed by atoms with Gasteiger partial charge in [0.2, 0.25) is 0 Å². The summed E-state index contributed by atoms with van der Waals surface area (Å²) >= 11 is 1.10. The highest BCUT2D eigenvalue weighted by atomic mass is 32.1. The first-order valence-electron chi connectivity index (χ1n) is 7.91. The molecule has 0 atom stereocenters. The molecule has 0 unspecified atom stereocenters. The Morgan fingerprint density at radius 3 is 2.29 bits per heavy atom. The minimum Gasteiger partial charge on any atom is -0.383 e. The highest BCUT2D eigenvalue weighted by molar-refractivity contribution is 7.17. The van der Waals surface area contributed by atoms with Crippen LogP contribution in [-0.4, -0.2) is 64.3 Å². The molecule has 0 aliphatic carbocycles.